The van der Waals surface area contributed by atoms with Crippen LogP contribution in [0.2, 0.25) is 0 Å². The van der Waals surface area contributed by atoms with Gasteiger partial charge >= 0.3 is 0 Å². The molecule has 1 unspecified atom stereocenters. The number of aromatic nitrogens is 1. The van der Waals surface area contributed by atoms with Gasteiger partial charge in [-0.05, 0) is 13.3 Å². The molecule has 0 aliphatic carbocycles. The minimum absolute atomic E-state index is 0.0115. The van der Waals surface area contributed by atoms with Gasteiger partial charge in [-0.25, -0.2) is 13.4 Å². The topological polar surface area (TPSA) is 82.9 Å². The third-order valence-corrected chi connectivity index (χ3v) is 6.54. The van der Waals surface area contributed by atoms with Crippen molar-refractivity contribution in [3.63, 3.8) is 0 Å². The molecule has 8 heteroatoms. The first kappa shape index (κ1) is 14.4. The Balaban J connectivity index is 2.23. The first-order valence-electron chi connectivity index (χ1n) is 6.12. The molecule has 6 nitrogen and oxygen atoms in total. The van der Waals surface area contributed by atoms with Gasteiger partial charge in [0.05, 0.1) is 16.9 Å². The SMILES string of the molecule is CCC1CN(S(=O)(=O)c2cnc(C)s2)CCC1=NO. The summed E-state index contributed by atoms with van der Waals surface area (Å²) in [6.07, 6.45) is 2.64. The van der Waals surface area contributed by atoms with Crippen molar-refractivity contribution in [2.45, 2.75) is 30.9 Å². The van der Waals surface area contributed by atoms with Gasteiger partial charge in [0.1, 0.15) is 0 Å². The van der Waals surface area contributed by atoms with E-state index in [0.717, 1.165) is 11.4 Å². The fourth-order valence-corrected chi connectivity index (χ4v) is 4.94. The summed E-state index contributed by atoms with van der Waals surface area (Å²) in [7, 11) is -3.46. The Morgan fingerprint density at radius 3 is 2.89 bits per heavy atom. The van der Waals surface area contributed by atoms with E-state index in [-0.39, 0.29) is 10.1 Å². The molecule has 1 fully saturated rings. The minimum Gasteiger partial charge on any atom is -0.411 e. The molecule has 106 valence electrons. The van der Waals surface area contributed by atoms with Crippen molar-refractivity contribution in [3.8, 4) is 0 Å². The molecule has 1 aliphatic heterocycles. The van der Waals surface area contributed by atoms with Crippen LogP contribution < -0.4 is 0 Å². The third kappa shape index (κ3) is 2.80. The summed E-state index contributed by atoms with van der Waals surface area (Å²) in [6.45, 7) is 4.47. The highest BCUT2D eigenvalue weighted by atomic mass is 32.2. The van der Waals surface area contributed by atoms with Gasteiger partial charge in [-0.2, -0.15) is 4.31 Å². The maximum absolute atomic E-state index is 12.5. The molecular formula is C11H17N3O3S2. The van der Waals surface area contributed by atoms with Crippen LogP contribution >= 0.6 is 11.3 Å². The van der Waals surface area contributed by atoms with E-state index in [1.165, 1.54) is 21.8 Å². The zero-order valence-electron chi connectivity index (χ0n) is 10.9. The fraction of sp³-hybridized carbons (Fsp3) is 0.636. The van der Waals surface area contributed by atoms with E-state index in [9.17, 15) is 8.42 Å². The summed E-state index contributed by atoms with van der Waals surface area (Å²) in [5.41, 5.74) is 0.689. The summed E-state index contributed by atoms with van der Waals surface area (Å²) in [6, 6.07) is 0. The Kier molecular flexibility index (Phi) is 4.22. The van der Waals surface area contributed by atoms with Crippen LogP contribution in [0.4, 0.5) is 0 Å². The number of oxime groups is 1. The second-order valence-electron chi connectivity index (χ2n) is 4.51. The van der Waals surface area contributed by atoms with E-state index < -0.39 is 10.0 Å². The molecular weight excluding hydrogens is 286 g/mol. The Morgan fingerprint density at radius 1 is 1.63 bits per heavy atom. The van der Waals surface area contributed by atoms with Crippen molar-refractivity contribution in [2.75, 3.05) is 13.1 Å². The monoisotopic (exact) mass is 303 g/mol. The molecule has 19 heavy (non-hydrogen) atoms. The van der Waals surface area contributed by atoms with E-state index in [2.05, 4.69) is 10.1 Å². The van der Waals surface area contributed by atoms with Gasteiger partial charge < -0.3 is 5.21 Å². The molecule has 1 aromatic rings. The zero-order chi connectivity index (χ0) is 14.0. The molecule has 0 bridgehead atoms. The Hall–Kier alpha value is -0.990. The predicted octanol–water partition coefficient (Wildman–Crippen LogP) is 1.70. The predicted molar refractivity (Wildman–Crippen MR) is 73.2 cm³/mol. The Labute approximate surface area is 116 Å². The largest absolute Gasteiger partial charge is 0.411 e. The Morgan fingerprint density at radius 2 is 2.37 bits per heavy atom. The number of aryl methyl sites for hydroxylation is 1. The number of thiazole rings is 1. The van der Waals surface area contributed by atoms with Gasteiger partial charge in [0.25, 0.3) is 10.0 Å². The molecule has 2 rings (SSSR count). The molecule has 1 atom stereocenters. The lowest BCUT2D eigenvalue weighted by Gasteiger charge is -2.31. The quantitative estimate of drug-likeness (QED) is 0.680. The van der Waals surface area contributed by atoms with Gasteiger partial charge in [-0.1, -0.05) is 12.1 Å². The number of hydrogen-bond donors (Lipinski definition) is 1. The van der Waals surface area contributed by atoms with Crippen molar-refractivity contribution in [1.29, 1.82) is 0 Å². The second-order valence-corrected chi connectivity index (χ2v) is 7.91. The summed E-state index contributed by atoms with van der Waals surface area (Å²) in [5.74, 6) is -0.0115. The summed E-state index contributed by atoms with van der Waals surface area (Å²) in [4.78, 5) is 4.00. The summed E-state index contributed by atoms with van der Waals surface area (Å²) < 4.78 is 26.6. The number of nitrogens with zero attached hydrogens (tertiary/aromatic N) is 3. The fourth-order valence-electron chi connectivity index (χ4n) is 2.19. The van der Waals surface area contributed by atoms with Crippen molar-refractivity contribution >= 4 is 27.1 Å². The molecule has 0 spiro atoms. The van der Waals surface area contributed by atoms with Crippen molar-refractivity contribution < 1.29 is 13.6 Å². The second kappa shape index (κ2) is 5.56. The number of hydrogen-bond acceptors (Lipinski definition) is 6. The normalized spacial score (nSPS) is 23.9. The van der Waals surface area contributed by atoms with Crippen LogP contribution in [0.15, 0.2) is 15.6 Å². The Bertz CT molecular complexity index is 580. The summed E-state index contributed by atoms with van der Waals surface area (Å²) in [5, 5.41) is 12.9. The van der Waals surface area contributed by atoms with Crippen molar-refractivity contribution in [2.24, 2.45) is 11.1 Å². The van der Waals surface area contributed by atoms with Gasteiger partial charge in [-0.15, -0.1) is 11.3 Å². The standard InChI is InChI=1S/C11H17N3O3S2/c1-3-9-7-14(5-4-10(9)13-15)19(16,17)11-6-12-8(2)18-11/h6,9,15H,3-5,7H2,1-2H3. The van der Waals surface area contributed by atoms with Crippen LogP contribution in [0.5, 0.6) is 0 Å². The summed E-state index contributed by atoms with van der Waals surface area (Å²) >= 11 is 1.18. The van der Waals surface area contributed by atoms with Crippen molar-refractivity contribution in [1.82, 2.24) is 9.29 Å². The lowest BCUT2D eigenvalue weighted by atomic mass is 9.95. The van der Waals surface area contributed by atoms with E-state index in [0.29, 0.717) is 25.2 Å². The van der Waals surface area contributed by atoms with E-state index in [1.807, 2.05) is 6.92 Å². The number of sulfonamides is 1. The molecule has 2 heterocycles. The molecule has 1 aromatic heterocycles. The minimum atomic E-state index is -3.46. The number of rotatable bonds is 3. The van der Waals surface area contributed by atoms with Gasteiger partial charge in [0.15, 0.2) is 4.21 Å². The van der Waals surface area contributed by atoms with E-state index in [1.54, 1.807) is 6.92 Å². The molecule has 0 aromatic carbocycles. The lowest BCUT2D eigenvalue weighted by molar-refractivity contribution is 0.296. The average molecular weight is 303 g/mol. The van der Waals surface area contributed by atoms with Gasteiger partial charge in [0, 0.05) is 25.4 Å². The third-order valence-electron chi connectivity index (χ3n) is 3.33. The maximum atomic E-state index is 12.5. The lowest BCUT2D eigenvalue weighted by Crippen LogP contribution is -2.43. The first-order valence-corrected chi connectivity index (χ1v) is 8.38. The van der Waals surface area contributed by atoms with Crippen molar-refractivity contribution in [3.05, 3.63) is 11.2 Å². The van der Waals surface area contributed by atoms with Crippen LogP contribution in [-0.4, -0.2) is 41.7 Å². The highest BCUT2D eigenvalue weighted by molar-refractivity contribution is 7.91. The first-order chi connectivity index (χ1) is 8.98. The number of piperidine rings is 1. The van der Waals surface area contributed by atoms with Crippen LogP contribution in [0, 0.1) is 12.8 Å². The van der Waals surface area contributed by atoms with Crippen LogP contribution in [0.1, 0.15) is 24.8 Å². The molecule has 1 saturated heterocycles. The highest BCUT2D eigenvalue weighted by Crippen LogP contribution is 2.27. The molecule has 0 radical (unpaired) electrons. The van der Waals surface area contributed by atoms with Crippen LogP contribution in [0.25, 0.3) is 0 Å². The average Bonchev–Trinajstić information content (AvgIpc) is 2.85. The molecule has 0 saturated carbocycles. The van der Waals surface area contributed by atoms with Crippen LogP contribution in [0.3, 0.4) is 0 Å². The smallest absolute Gasteiger partial charge is 0.254 e. The van der Waals surface area contributed by atoms with Gasteiger partial charge in [-0.3, -0.25) is 0 Å². The molecule has 1 N–H and O–H groups in total. The zero-order valence-corrected chi connectivity index (χ0v) is 12.5. The van der Waals surface area contributed by atoms with E-state index >= 15 is 0 Å². The van der Waals surface area contributed by atoms with E-state index in [4.69, 9.17) is 5.21 Å². The highest BCUT2D eigenvalue weighted by Gasteiger charge is 2.33. The van der Waals surface area contributed by atoms with Gasteiger partial charge in [0.2, 0.25) is 0 Å². The molecule has 1 aliphatic rings. The molecule has 0 amide bonds. The maximum Gasteiger partial charge on any atom is 0.254 e. The van der Waals surface area contributed by atoms with Crippen LogP contribution in [-0.2, 0) is 10.0 Å².